The summed E-state index contributed by atoms with van der Waals surface area (Å²) in [4.78, 5) is 42.6. The van der Waals surface area contributed by atoms with Crippen LogP contribution in [0.3, 0.4) is 0 Å². The van der Waals surface area contributed by atoms with Crippen LogP contribution in [0.15, 0.2) is 54.7 Å². The zero-order chi connectivity index (χ0) is 23.8. The second-order valence-corrected chi connectivity index (χ2v) is 9.48. The number of fused-ring (bicyclic) bond motifs is 3. The number of hydrogen-bond acceptors (Lipinski definition) is 6. The summed E-state index contributed by atoms with van der Waals surface area (Å²) < 4.78 is 5.53. The van der Waals surface area contributed by atoms with Gasteiger partial charge in [0.25, 0.3) is 5.91 Å². The van der Waals surface area contributed by atoms with Crippen LogP contribution in [-0.4, -0.2) is 52.2 Å². The lowest BCUT2D eigenvalue weighted by Gasteiger charge is -2.22. The molecule has 2 unspecified atom stereocenters. The van der Waals surface area contributed by atoms with Crippen molar-refractivity contribution in [1.82, 2.24) is 9.88 Å². The van der Waals surface area contributed by atoms with E-state index in [4.69, 9.17) is 4.74 Å². The standard InChI is InChI=1S/C25H23N3O5S/c1-14-15(23(30)31)10-11-28(14)22(29)21-12-26-24(34-21)27-25(32)33-13-20-18-8-4-2-6-16(18)17-7-3-5-9-19(17)20/h2-9,12,14-15,20H,10-11,13H2,1H3,(H,30,31)(H,26,27,32). The van der Waals surface area contributed by atoms with E-state index in [1.807, 2.05) is 36.4 Å². The molecule has 1 aliphatic carbocycles. The minimum absolute atomic E-state index is 0.0505. The van der Waals surface area contributed by atoms with Gasteiger partial charge in [0.1, 0.15) is 11.5 Å². The number of benzene rings is 2. The Labute approximate surface area is 200 Å². The molecule has 1 aliphatic heterocycles. The lowest BCUT2D eigenvalue weighted by atomic mass is 9.98. The van der Waals surface area contributed by atoms with E-state index in [9.17, 15) is 19.5 Å². The number of carboxylic acids is 1. The molecule has 0 saturated carbocycles. The zero-order valence-electron chi connectivity index (χ0n) is 18.4. The third-order valence-electron chi connectivity index (χ3n) is 6.60. The Balaban J connectivity index is 1.21. The smallest absolute Gasteiger partial charge is 0.413 e. The highest BCUT2D eigenvalue weighted by atomic mass is 32.1. The van der Waals surface area contributed by atoms with E-state index in [-0.39, 0.29) is 23.6 Å². The molecule has 1 aromatic heterocycles. The van der Waals surface area contributed by atoms with Crippen molar-refractivity contribution in [3.8, 4) is 11.1 Å². The molecule has 1 fully saturated rings. The van der Waals surface area contributed by atoms with E-state index in [1.54, 1.807) is 11.8 Å². The third kappa shape index (κ3) is 3.92. The number of thiazole rings is 1. The van der Waals surface area contributed by atoms with Crippen molar-refractivity contribution in [2.45, 2.75) is 25.3 Å². The molecule has 2 amide bonds. The second kappa shape index (κ2) is 8.90. The van der Waals surface area contributed by atoms with Crippen LogP contribution in [0.1, 0.15) is 40.1 Å². The summed E-state index contributed by atoms with van der Waals surface area (Å²) in [5, 5.41) is 12.1. The summed E-state index contributed by atoms with van der Waals surface area (Å²) >= 11 is 1.04. The maximum Gasteiger partial charge on any atom is 0.413 e. The monoisotopic (exact) mass is 477 g/mol. The maximum atomic E-state index is 12.8. The molecule has 2 aliphatic rings. The van der Waals surface area contributed by atoms with E-state index in [0.717, 1.165) is 33.6 Å². The van der Waals surface area contributed by atoms with Crippen molar-refractivity contribution in [2.75, 3.05) is 18.5 Å². The quantitative estimate of drug-likeness (QED) is 0.562. The highest BCUT2D eigenvalue weighted by molar-refractivity contribution is 7.17. The number of aromatic nitrogens is 1. The van der Waals surface area contributed by atoms with Gasteiger partial charge in [-0.05, 0) is 35.6 Å². The maximum absolute atomic E-state index is 12.8. The minimum Gasteiger partial charge on any atom is -0.481 e. The number of nitrogens with zero attached hydrogens (tertiary/aromatic N) is 2. The summed E-state index contributed by atoms with van der Waals surface area (Å²) in [5.41, 5.74) is 4.55. The van der Waals surface area contributed by atoms with Gasteiger partial charge in [0.2, 0.25) is 0 Å². The lowest BCUT2D eigenvalue weighted by molar-refractivity contribution is -0.142. The molecule has 2 N–H and O–H groups in total. The predicted molar refractivity (Wildman–Crippen MR) is 127 cm³/mol. The highest BCUT2D eigenvalue weighted by Crippen LogP contribution is 2.44. The largest absolute Gasteiger partial charge is 0.481 e. The number of carbonyl (C=O) groups is 3. The molecule has 3 aromatic rings. The molecule has 2 aromatic carbocycles. The van der Waals surface area contributed by atoms with Crippen molar-refractivity contribution in [1.29, 1.82) is 0 Å². The van der Waals surface area contributed by atoms with E-state index in [0.29, 0.717) is 17.8 Å². The van der Waals surface area contributed by atoms with Crippen LogP contribution in [0.5, 0.6) is 0 Å². The molecule has 174 valence electrons. The van der Waals surface area contributed by atoms with Crippen LogP contribution in [0.4, 0.5) is 9.93 Å². The Bertz CT molecular complexity index is 1230. The normalized spacial score (nSPS) is 18.9. The first-order valence-corrected chi connectivity index (χ1v) is 11.9. The Morgan fingerprint density at radius 3 is 2.38 bits per heavy atom. The van der Waals surface area contributed by atoms with Crippen LogP contribution >= 0.6 is 11.3 Å². The summed E-state index contributed by atoms with van der Waals surface area (Å²) in [5.74, 6) is -1.81. The van der Waals surface area contributed by atoms with Gasteiger partial charge in [-0.2, -0.15) is 0 Å². The van der Waals surface area contributed by atoms with Crippen molar-refractivity contribution in [2.24, 2.45) is 5.92 Å². The number of anilines is 1. The molecule has 0 radical (unpaired) electrons. The predicted octanol–water partition coefficient (Wildman–Crippen LogP) is 4.44. The fourth-order valence-electron chi connectivity index (χ4n) is 4.85. The van der Waals surface area contributed by atoms with Gasteiger partial charge in [-0.15, -0.1) is 0 Å². The van der Waals surface area contributed by atoms with Crippen molar-refractivity contribution in [3.63, 3.8) is 0 Å². The van der Waals surface area contributed by atoms with E-state index in [2.05, 4.69) is 22.4 Å². The van der Waals surface area contributed by atoms with Gasteiger partial charge in [0.05, 0.1) is 12.1 Å². The number of nitrogens with one attached hydrogen (secondary N) is 1. The first-order chi connectivity index (χ1) is 16.4. The van der Waals surface area contributed by atoms with Crippen molar-refractivity contribution in [3.05, 3.63) is 70.7 Å². The Kier molecular flexibility index (Phi) is 5.79. The number of hydrogen-bond donors (Lipinski definition) is 2. The molecule has 5 rings (SSSR count). The van der Waals surface area contributed by atoms with Gasteiger partial charge in [0, 0.05) is 18.5 Å². The summed E-state index contributed by atoms with van der Waals surface area (Å²) in [7, 11) is 0. The second-order valence-electron chi connectivity index (χ2n) is 8.45. The number of aliphatic carboxylic acids is 1. The third-order valence-corrected chi connectivity index (χ3v) is 7.50. The van der Waals surface area contributed by atoms with E-state index < -0.39 is 24.0 Å². The van der Waals surface area contributed by atoms with Gasteiger partial charge in [-0.1, -0.05) is 59.9 Å². The fourth-order valence-corrected chi connectivity index (χ4v) is 5.61. The van der Waals surface area contributed by atoms with Crippen LogP contribution in [0.25, 0.3) is 11.1 Å². The van der Waals surface area contributed by atoms with Gasteiger partial charge in [0.15, 0.2) is 5.13 Å². The van der Waals surface area contributed by atoms with E-state index >= 15 is 0 Å². The Hall–Kier alpha value is -3.72. The molecule has 8 nitrogen and oxygen atoms in total. The highest BCUT2D eigenvalue weighted by Gasteiger charge is 2.39. The van der Waals surface area contributed by atoms with Gasteiger partial charge >= 0.3 is 12.1 Å². The molecule has 1 saturated heterocycles. The summed E-state index contributed by atoms with van der Waals surface area (Å²) in [6, 6.07) is 15.8. The zero-order valence-corrected chi connectivity index (χ0v) is 19.2. The average molecular weight is 478 g/mol. The molecule has 0 spiro atoms. The molecule has 2 atom stereocenters. The van der Waals surface area contributed by atoms with Gasteiger partial charge < -0.3 is 14.7 Å². The van der Waals surface area contributed by atoms with Crippen LogP contribution in [-0.2, 0) is 9.53 Å². The Morgan fingerprint density at radius 2 is 1.76 bits per heavy atom. The van der Waals surface area contributed by atoms with Crippen LogP contribution < -0.4 is 5.32 Å². The molecular formula is C25H23N3O5S. The van der Waals surface area contributed by atoms with Gasteiger partial charge in [-0.3, -0.25) is 14.9 Å². The minimum atomic E-state index is -0.898. The molecular weight excluding hydrogens is 454 g/mol. The number of carbonyl (C=O) groups excluding carboxylic acids is 2. The molecule has 0 bridgehead atoms. The molecule has 34 heavy (non-hydrogen) atoms. The average Bonchev–Trinajstić information content (AvgIpc) is 3.53. The number of amides is 2. The van der Waals surface area contributed by atoms with Crippen LogP contribution in [0, 0.1) is 5.92 Å². The first-order valence-electron chi connectivity index (χ1n) is 11.1. The Morgan fingerprint density at radius 1 is 1.12 bits per heavy atom. The van der Waals surface area contributed by atoms with E-state index in [1.165, 1.54) is 6.20 Å². The summed E-state index contributed by atoms with van der Waals surface area (Å²) in [6.07, 6.45) is 1.18. The van der Waals surface area contributed by atoms with Crippen LogP contribution in [0.2, 0.25) is 0 Å². The van der Waals surface area contributed by atoms with Gasteiger partial charge in [-0.25, -0.2) is 9.78 Å². The lowest BCUT2D eigenvalue weighted by Crippen LogP contribution is -2.37. The topological polar surface area (TPSA) is 109 Å². The number of rotatable bonds is 5. The first kappa shape index (κ1) is 22.1. The molecule has 2 heterocycles. The fraction of sp³-hybridized carbons (Fsp3) is 0.280. The van der Waals surface area contributed by atoms with Crippen molar-refractivity contribution >= 4 is 34.4 Å². The summed E-state index contributed by atoms with van der Waals surface area (Å²) in [6.45, 7) is 2.30. The number of ether oxygens (including phenoxy) is 1. The number of likely N-dealkylation sites (tertiary alicyclic amines) is 1. The molecule has 9 heteroatoms. The number of carboxylic acid groups (broad SMARTS) is 1. The SMILES string of the molecule is CC1C(C(=O)O)CCN1C(=O)c1cnc(NC(=O)OCC2c3ccccc3-c3ccccc32)s1. The van der Waals surface area contributed by atoms with Crippen molar-refractivity contribution < 1.29 is 24.2 Å².